The van der Waals surface area contributed by atoms with Crippen LogP contribution in [0.1, 0.15) is 48.1 Å². The number of hydrogen-bond acceptors (Lipinski definition) is 3. The number of imide groups is 1. The summed E-state index contributed by atoms with van der Waals surface area (Å²) < 4.78 is 0. The Labute approximate surface area is 184 Å². The molecule has 1 unspecified atom stereocenters. The Balaban J connectivity index is 1.70. The van der Waals surface area contributed by atoms with E-state index >= 15 is 0 Å². The van der Waals surface area contributed by atoms with Crippen molar-refractivity contribution in [1.82, 2.24) is 15.1 Å². The van der Waals surface area contributed by atoms with E-state index in [-0.39, 0.29) is 12.5 Å². The number of likely N-dealkylation sites (N-methyl/N-ethyl adjacent to an activating group) is 1. The molecule has 0 bridgehead atoms. The first kappa shape index (κ1) is 22.5. The number of rotatable bonds is 7. The highest BCUT2D eigenvalue weighted by atomic mass is 16.2. The lowest BCUT2D eigenvalue weighted by Crippen LogP contribution is -2.43. The average Bonchev–Trinajstić information content (AvgIpc) is 2.94. The van der Waals surface area contributed by atoms with Gasteiger partial charge in [-0.15, -0.1) is 0 Å². The number of hydrogen-bond donors (Lipinski definition) is 1. The summed E-state index contributed by atoms with van der Waals surface area (Å²) in [5.74, 6) is -0.694. The Kier molecular flexibility index (Phi) is 6.48. The molecule has 0 saturated carbocycles. The Morgan fingerprint density at radius 3 is 2.39 bits per heavy atom. The average molecular weight is 422 g/mol. The largest absolute Gasteiger partial charge is 0.340 e. The molecule has 1 saturated heterocycles. The highest BCUT2D eigenvalue weighted by molar-refractivity contribution is 6.09. The number of benzene rings is 2. The van der Waals surface area contributed by atoms with Crippen molar-refractivity contribution in [3.05, 3.63) is 70.3 Å². The van der Waals surface area contributed by atoms with Crippen LogP contribution in [-0.4, -0.2) is 41.2 Å². The summed E-state index contributed by atoms with van der Waals surface area (Å²) in [6.07, 6.45) is 2.00. The third-order valence-corrected chi connectivity index (χ3v) is 5.97. The predicted molar refractivity (Wildman–Crippen MR) is 120 cm³/mol. The molecule has 1 aliphatic rings. The first-order valence-electron chi connectivity index (χ1n) is 10.7. The summed E-state index contributed by atoms with van der Waals surface area (Å²) in [6, 6.07) is 13.3. The van der Waals surface area contributed by atoms with Gasteiger partial charge in [-0.25, -0.2) is 4.79 Å². The summed E-state index contributed by atoms with van der Waals surface area (Å²) >= 11 is 0. The Hall–Kier alpha value is -3.15. The number of carbonyl (C=O) groups excluding carboxylic acids is 3. The van der Waals surface area contributed by atoms with E-state index in [0.29, 0.717) is 12.1 Å². The number of carbonyl (C=O) groups is 3. The van der Waals surface area contributed by atoms with Gasteiger partial charge < -0.3 is 10.2 Å². The quantitative estimate of drug-likeness (QED) is 0.694. The van der Waals surface area contributed by atoms with Crippen LogP contribution in [0.15, 0.2) is 42.5 Å². The molecule has 6 nitrogen and oxygen atoms in total. The number of aryl methyl sites for hydroxylation is 3. The number of nitrogens with zero attached hydrogens (tertiary/aromatic N) is 2. The van der Waals surface area contributed by atoms with E-state index in [4.69, 9.17) is 0 Å². The molecule has 0 spiro atoms. The van der Waals surface area contributed by atoms with Gasteiger partial charge in [-0.1, -0.05) is 61.4 Å². The zero-order valence-electron chi connectivity index (χ0n) is 19.0. The fourth-order valence-corrected chi connectivity index (χ4v) is 3.95. The van der Waals surface area contributed by atoms with Gasteiger partial charge in [0, 0.05) is 13.6 Å². The van der Waals surface area contributed by atoms with Gasteiger partial charge in [0.05, 0.1) is 0 Å². The van der Waals surface area contributed by atoms with Crippen molar-refractivity contribution < 1.29 is 14.4 Å². The van der Waals surface area contributed by atoms with E-state index < -0.39 is 17.5 Å². The lowest BCUT2D eigenvalue weighted by atomic mass is 9.91. The Morgan fingerprint density at radius 2 is 1.77 bits per heavy atom. The van der Waals surface area contributed by atoms with Gasteiger partial charge in [-0.2, -0.15) is 0 Å². The monoisotopic (exact) mass is 421 g/mol. The molecule has 164 valence electrons. The molecular formula is C25H31N3O3. The molecule has 6 heteroatoms. The SMILES string of the molecule is CCCc1ccc(C2(C)NC(=O)N(CC(=O)N(C)Cc3ccc(C)cc3C)C2=O)cc1. The summed E-state index contributed by atoms with van der Waals surface area (Å²) in [7, 11) is 1.69. The molecule has 1 aliphatic heterocycles. The van der Waals surface area contributed by atoms with Gasteiger partial charge >= 0.3 is 6.03 Å². The molecule has 1 heterocycles. The van der Waals surface area contributed by atoms with Crippen LogP contribution in [-0.2, 0) is 28.1 Å². The van der Waals surface area contributed by atoms with Crippen LogP contribution in [0.3, 0.4) is 0 Å². The van der Waals surface area contributed by atoms with Crippen molar-refractivity contribution in [2.24, 2.45) is 0 Å². The first-order valence-corrected chi connectivity index (χ1v) is 10.7. The van der Waals surface area contributed by atoms with Gasteiger partial charge in [0.1, 0.15) is 12.1 Å². The van der Waals surface area contributed by atoms with E-state index in [9.17, 15) is 14.4 Å². The zero-order chi connectivity index (χ0) is 22.8. The molecule has 0 aromatic heterocycles. The molecule has 1 fully saturated rings. The molecule has 2 aromatic rings. The Morgan fingerprint density at radius 1 is 1.10 bits per heavy atom. The van der Waals surface area contributed by atoms with E-state index in [0.717, 1.165) is 34.4 Å². The van der Waals surface area contributed by atoms with Crippen molar-refractivity contribution in [3.8, 4) is 0 Å². The molecule has 0 aliphatic carbocycles. The molecule has 31 heavy (non-hydrogen) atoms. The minimum absolute atomic E-state index is 0.282. The smallest absolute Gasteiger partial charge is 0.325 e. The molecule has 0 radical (unpaired) electrons. The molecule has 1 N–H and O–H groups in total. The standard InChI is InChI=1S/C25H31N3O3/c1-6-7-19-9-12-21(13-10-19)25(4)23(30)28(24(31)26-25)16-22(29)27(5)15-20-11-8-17(2)14-18(20)3/h8-14H,6-7,15-16H2,1-5H3,(H,26,31). The molecular weight excluding hydrogens is 390 g/mol. The summed E-state index contributed by atoms with van der Waals surface area (Å²) in [4.78, 5) is 41.1. The van der Waals surface area contributed by atoms with Crippen LogP contribution in [0.25, 0.3) is 0 Å². The van der Waals surface area contributed by atoms with Crippen LogP contribution in [0, 0.1) is 13.8 Å². The fourth-order valence-electron chi connectivity index (χ4n) is 3.95. The van der Waals surface area contributed by atoms with E-state index in [1.807, 2.05) is 50.2 Å². The maximum absolute atomic E-state index is 13.1. The topological polar surface area (TPSA) is 69.7 Å². The van der Waals surface area contributed by atoms with Crippen molar-refractivity contribution in [1.29, 1.82) is 0 Å². The minimum Gasteiger partial charge on any atom is -0.340 e. The highest BCUT2D eigenvalue weighted by Gasteiger charge is 2.49. The van der Waals surface area contributed by atoms with Crippen LogP contribution in [0.2, 0.25) is 0 Å². The third-order valence-electron chi connectivity index (χ3n) is 5.97. The fraction of sp³-hybridized carbons (Fsp3) is 0.400. The first-order chi connectivity index (χ1) is 14.7. The van der Waals surface area contributed by atoms with Crippen LogP contribution >= 0.6 is 0 Å². The number of amides is 4. The Bertz CT molecular complexity index is 1000. The third kappa shape index (κ3) is 4.63. The second-order valence-electron chi connectivity index (χ2n) is 8.57. The van der Waals surface area contributed by atoms with Gasteiger partial charge in [-0.3, -0.25) is 14.5 Å². The van der Waals surface area contributed by atoms with Gasteiger partial charge in [0.2, 0.25) is 5.91 Å². The summed E-state index contributed by atoms with van der Waals surface area (Å²) in [6.45, 7) is 7.97. The molecule has 3 rings (SSSR count). The summed E-state index contributed by atoms with van der Waals surface area (Å²) in [5.41, 5.74) is 4.03. The minimum atomic E-state index is -1.17. The van der Waals surface area contributed by atoms with E-state index in [1.165, 1.54) is 5.56 Å². The normalized spacial score (nSPS) is 18.3. The lowest BCUT2D eigenvalue weighted by Gasteiger charge is -2.24. The maximum atomic E-state index is 13.1. The van der Waals surface area contributed by atoms with Crippen molar-refractivity contribution >= 4 is 17.8 Å². The van der Waals surface area contributed by atoms with Crippen LogP contribution in [0.4, 0.5) is 4.79 Å². The van der Waals surface area contributed by atoms with E-state index in [1.54, 1.807) is 18.9 Å². The van der Waals surface area contributed by atoms with Crippen molar-refractivity contribution in [2.75, 3.05) is 13.6 Å². The maximum Gasteiger partial charge on any atom is 0.325 e. The summed E-state index contributed by atoms with van der Waals surface area (Å²) in [5, 5.41) is 2.77. The highest BCUT2D eigenvalue weighted by Crippen LogP contribution is 2.29. The molecule has 1 atom stereocenters. The second kappa shape index (κ2) is 8.92. The van der Waals surface area contributed by atoms with Gasteiger partial charge in [-0.05, 0) is 49.4 Å². The number of nitrogens with one attached hydrogen (secondary N) is 1. The van der Waals surface area contributed by atoms with Crippen molar-refractivity contribution in [2.45, 2.75) is 52.6 Å². The van der Waals surface area contributed by atoms with Crippen LogP contribution in [0.5, 0.6) is 0 Å². The van der Waals surface area contributed by atoms with E-state index in [2.05, 4.69) is 18.3 Å². The van der Waals surface area contributed by atoms with Gasteiger partial charge in [0.25, 0.3) is 5.91 Å². The molecule has 4 amide bonds. The number of urea groups is 1. The van der Waals surface area contributed by atoms with Crippen LogP contribution < -0.4 is 5.32 Å². The van der Waals surface area contributed by atoms with Crippen molar-refractivity contribution in [3.63, 3.8) is 0 Å². The lowest BCUT2D eigenvalue weighted by molar-refractivity contribution is -0.138. The van der Waals surface area contributed by atoms with Gasteiger partial charge in [0.15, 0.2) is 0 Å². The zero-order valence-corrected chi connectivity index (χ0v) is 19.0. The second-order valence-corrected chi connectivity index (χ2v) is 8.57. The predicted octanol–water partition coefficient (Wildman–Crippen LogP) is 3.68. The molecule has 2 aromatic carbocycles.